The van der Waals surface area contributed by atoms with Crippen molar-refractivity contribution in [3.05, 3.63) is 46.2 Å². The van der Waals surface area contributed by atoms with Gasteiger partial charge in [-0.15, -0.1) is 11.6 Å². The van der Waals surface area contributed by atoms with Gasteiger partial charge >= 0.3 is 0 Å². The topological polar surface area (TPSA) is 41.6 Å². The molecule has 1 aromatic carbocycles. The summed E-state index contributed by atoms with van der Waals surface area (Å²) in [6.07, 6.45) is 0.771. The lowest BCUT2D eigenvalue weighted by Gasteiger charge is -2.03. The minimum atomic E-state index is 0.333. The molecule has 0 aliphatic carbocycles. The number of hydrogen-bond donors (Lipinski definition) is 0. The third kappa shape index (κ3) is 2.22. The third-order valence-corrected chi connectivity index (χ3v) is 3.35. The molecule has 0 N–H and O–H groups in total. The zero-order valence-electron chi connectivity index (χ0n) is 9.82. The van der Waals surface area contributed by atoms with Crippen molar-refractivity contribution in [2.24, 2.45) is 0 Å². The van der Waals surface area contributed by atoms with Gasteiger partial charge in [0.15, 0.2) is 0 Å². The fourth-order valence-electron chi connectivity index (χ4n) is 1.77. The first-order chi connectivity index (χ1) is 8.71. The largest absolute Gasteiger partial charge is 0.222 e. The molecule has 0 bridgehead atoms. The summed E-state index contributed by atoms with van der Waals surface area (Å²) in [4.78, 5) is 0. The number of nitrogens with zero attached hydrogens (tertiary/aromatic N) is 3. The van der Waals surface area contributed by atoms with Gasteiger partial charge in [0, 0.05) is 5.56 Å². The van der Waals surface area contributed by atoms with Crippen LogP contribution in [0.5, 0.6) is 0 Å². The number of alkyl halides is 1. The van der Waals surface area contributed by atoms with Crippen molar-refractivity contribution >= 4 is 23.2 Å². The van der Waals surface area contributed by atoms with Gasteiger partial charge in [0.1, 0.15) is 5.15 Å². The molecule has 5 heteroatoms. The molecule has 2 rings (SSSR count). The zero-order valence-corrected chi connectivity index (χ0v) is 11.3. The molecule has 2 aromatic rings. The number of benzene rings is 1. The molecule has 0 fully saturated rings. The van der Waals surface area contributed by atoms with Gasteiger partial charge in [-0.2, -0.15) is 10.4 Å². The van der Waals surface area contributed by atoms with Crippen LogP contribution in [-0.2, 0) is 12.3 Å². The molecule has 3 nitrogen and oxygen atoms in total. The summed E-state index contributed by atoms with van der Waals surface area (Å²) in [5.41, 5.74) is 3.08. The number of halogens is 2. The average Bonchev–Trinajstić information content (AvgIpc) is 2.75. The fourth-order valence-corrected chi connectivity index (χ4v) is 2.43. The van der Waals surface area contributed by atoms with Crippen LogP contribution in [0.4, 0.5) is 0 Å². The quantitative estimate of drug-likeness (QED) is 0.804. The van der Waals surface area contributed by atoms with Gasteiger partial charge in [-0.1, -0.05) is 24.6 Å². The molecule has 18 heavy (non-hydrogen) atoms. The van der Waals surface area contributed by atoms with Crippen molar-refractivity contribution in [2.75, 3.05) is 0 Å². The van der Waals surface area contributed by atoms with E-state index in [1.807, 2.05) is 13.0 Å². The second-order valence-corrected chi connectivity index (χ2v) is 4.40. The van der Waals surface area contributed by atoms with Crippen molar-refractivity contribution in [1.82, 2.24) is 9.78 Å². The second-order valence-electron chi connectivity index (χ2n) is 3.78. The summed E-state index contributed by atoms with van der Waals surface area (Å²) in [7, 11) is 0. The Labute approximate surface area is 116 Å². The molecule has 1 aromatic heterocycles. The van der Waals surface area contributed by atoms with Crippen molar-refractivity contribution in [3.8, 4) is 11.8 Å². The number of nitriles is 1. The maximum absolute atomic E-state index is 8.90. The SMILES string of the molecule is CCc1nn(-c2cccc(C#N)c2)c(Cl)c1CCl. The van der Waals surface area contributed by atoms with Crippen LogP contribution >= 0.6 is 23.2 Å². The number of aromatic nitrogens is 2. The van der Waals surface area contributed by atoms with Gasteiger partial charge in [0.2, 0.25) is 0 Å². The Morgan fingerprint density at radius 1 is 1.44 bits per heavy atom. The van der Waals surface area contributed by atoms with Crippen molar-refractivity contribution < 1.29 is 0 Å². The molecule has 92 valence electrons. The zero-order chi connectivity index (χ0) is 13.1. The van der Waals surface area contributed by atoms with E-state index in [9.17, 15) is 0 Å². The van der Waals surface area contributed by atoms with Crippen LogP contribution in [0.2, 0.25) is 5.15 Å². The maximum Gasteiger partial charge on any atom is 0.137 e. The van der Waals surface area contributed by atoms with E-state index in [2.05, 4.69) is 11.2 Å². The highest BCUT2D eigenvalue weighted by Crippen LogP contribution is 2.25. The number of hydrogen-bond acceptors (Lipinski definition) is 2. The fraction of sp³-hybridized carbons (Fsp3) is 0.231. The molecular weight excluding hydrogens is 269 g/mol. The van der Waals surface area contributed by atoms with Gasteiger partial charge in [0.25, 0.3) is 0 Å². The molecule has 0 aliphatic heterocycles. The average molecular weight is 280 g/mol. The molecule has 0 saturated heterocycles. The van der Waals surface area contributed by atoms with Crippen LogP contribution in [0.3, 0.4) is 0 Å². The van der Waals surface area contributed by atoms with E-state index in [-0.39, 0.29) is 0 Å². The van der Waals surface area contributed by atoms with E-state index in [1.54, 1.807) is 22.9 Å². The van der Waals surface area contributed by atoms with Crippen molar-refractivity contribution in [2.45, 2.75) is 19.2 Å². The molecule has 1 heterocycles. The number of aryl methyl sites for hydroxylation is 1. The van der Waals surface area contributed by atoms with Crippen LogP contribution in [0.15, 0.2) is 24.3 Å². The summed E-state index contributed by atoms with van der Waals surface area (Å²) < 4.78 is 1.62. The lowest BCUT2D eigenvalue weighted by atomic mass is 10.2. The first-order valence-corrected chi connectivity index (χ1v) is 6.45. The molecule has 0 spiro atoms. The van der Waals surface area contributed by atoms with Gasteiger partial charge in [0.05, 0.1) is 28.9 Å². The van der Waals surface area contributed by atoms with Crippen LogP contribution in [0, 0.1) is 11.3 Å². The van der Waals surface area contributed by atoms with Crippen LogP contribution < -0.4 is 0 Å². The number of rotatable bonds is 3. The molecule has 0 atom stereocenters. The monoisotopic (exact) mass is 279 g/mol. The lowest BCUT2D eigenvalue weighted by Crippen LogP contribution is -1.97. The Hall–Kier alpha value is -1.50. The summed E-state index contributed by atoms with van der Waals surface area (Å²) in [5, 5.41) is 13.8. The van der Waals surface area contributed by atoms with E-state index in [0.717, 1.165) is 23.4 Å². The van der Waals surface area contributed by atoms with Crippen LogP contribution in [0.1, 0.15) is 23.7 Å². The summed E-state index contributed by atoms with van der Waals surface area (Å²) in [5.74, 6) is 0.333. The Kier molecular flexibility index (Phi) is 3.90. The minimum absolute atomic E-state index is 0.333. The minimum Gasteiger partial charge on any atom is -0.222 e. The van der Waals surface area contributed by atoms with Crippen LogP contribution in [-0.4, -0.2) is 9.78 Å². The van der Waals surface area contributed by atoms with E-state index in [1.165, 1.54) is 0 Å². The second kappa shape index (κ2) is 5.43. The van der Waals surface area contributed by atoms with Crippen molar-refractivity contribution in [1.29, 1.82) is 5.26 Å². The Bertz CT molecular complexity index is 611. The highest BCUT2D eigenvalue weighted by molar-refractivity contribution is 6.31. The van der Waals surface area contributed by atoms with E-state index in [0.29, 0.717) is 16.6 Å². The summed E-state index contributed by atoms with van der Waals surface area (Å²) in [6, 6.07) is 9.24. The predicted octanol–water partition coefficient (Wildman–Crippen LogP) is 3.70. The third-order valence-electron chi connectivity index (χ3n) is 2.69. The Morgan fingerprint density at radius 3 is 2.78 bits per heavy atom. The van der Waals surface area contributed by atoms with Crippen molar-refractivity contribution in [3.63, 3.8) is 0 Å². The van der Waals surface area contributed by atoms with Gasteiger partial charge in [-0.3, -0.25) is 0 Å². The molecule has 0 unspecified atom stereocenters. The Morgan fingerprint density at radius 2 is 2.22 bits per heavy atom. The standard InChI is InChI=1S/C13H11Cl2N3/c1-2-12-11(7-14)13(15)18(17-12)10-5-3-4-9(6-10)8-16/h3-6H,2,7H2,1H3. The van der Waals surface area contributed by atoms with Gasteiger partial charge in [-0.05, 0) is 24.6 Å². The summed E-state index contributed by atoms with van der Waals surface area (Å²) in [6.45, 7) is 2.00. The Balaban J connectivity index is 2.57. The molecular formula is C13H11Cl2N3. The molecule has 0 aliphatic rings. The first-order valence-electron chi connectivity index (χ1n) is 5.54. The highest BCUT2D eigenvalue weighted by Gasteiger charge is 2.15. The first kappa shape index (κ1) is 12.9. The van der Waals surface area contributed by atoms with E-state index >= 15 is 0 Å². The molecule has 0 radical (unpaired) electrons. The highest BCUT2D eigenvalue weighted by atomic mass is 35.5. The predicted molar refractivity (Wildman–Crippen MR) is 72.2 cm³/mol. The van der Waals surface area contributed by atoms with Gasteiger partial charge in [-0.25, -0.2) is 4.68 Å². The lowest BCUT2D eigenvalue weighted by molar-refractivity contribution is 0.841. The molecule has 0 amide bonds. The van der Waals surface area contributed by atoms with Gasteiger partial charge < -0.3 is 0 Å². The maximum atomic E-state index is 8.90. The van der Waals surface area contributed by atoms with Crippen LogP contribution in [0.25, 0.3) is 5.69 Å². The summed E-state index contributed by atoms with van der Waals surface area (Å²) >= 11 is 12.2. The smallest absolute Gasteiger partial charge is 0.137 e. The van der Waals surface area contributed by atoms with E-state index < -0.39 is 0 Å². The van der Waals surface area contributed by atoms with E-state index in [4.69, 9.17) is 28.5 Å². The molecule has 0 saturated carbocycles. The normalized spacial score (nSPS) is 10.3.